The molecule has 0 saturated heterocycles. The molecular weight excluding hydrogens is 394 g/mol. The number of rotatable bonds is 7. The number of carbonyl (C=O) groups excluding carboxylic acids is 1. The average Bonchev–Trinajstić information content (AvgIpc) is 2.60. The van der Waals surface area contributed by atoms with Crippen LogP contribution in [0.5, 0.6) is 0 Å². The molecule has 0 aromatic heterocycles. The summed E-state index contributed by atoms with van der Waals surface area (Å²) in [4.78, 5) is 23.1. The molecule has 2 rings (SSSR count). The zero-order valence-electron chi connectivity index (χ0n) is 14.6. The summed E-state index contributed by atoms with van der Waals surface area (Å²) in [5.41, 5.74) is 0.231. The van der Waals surface area contributed by atoms with Crippen LogP contribution in [0.1, 0.15) is 13.3 Å². The summed E-state index contributed by atoms with van der Waals surface area (Å²) >= 11 is 5.81. The van der Waals surface area contributed by atoms with Gasteiger partial charge in [0.15, 0.2) is 0 Å². The normalized spacial score (nSPS) is 12.3. The van der Waals surface area contributed by atoms with E-state index in [9.17, 15) is 23.3 Å². The van der Waals surface area contributed by atoms with Gasteiger partial charge in [-0.25, -0.2) is 8.42 Å². The Morgan fingerprint density at radius 1 is 1.26 bits per heavy atom. The van der Waals surface area contributed by atoms with E-state index in [0.29, 0.717) is 10.7 Å². The lowest BCUT2D eigenvalue weighted by atomic mass is 10.1. The van der Waals surface area contributed by atoms with Crippen LogP contribution in [0.2, 0.25) is 5.02 Å². The third kappa shape index (κ3) is 5.18. The monoisotopic (exact) mass is 411 g/mol. The first kappa shape index (κ1) is 20.7. The summed E-state index contributed by atoms with van der Waals surface area (Å²) in [5, 5.41) is 14.2. The lowest BCUT2D eigenvalue weighted by molar-refractivity contribution is -0.384. The van der Waals surface area contributed by atoms with Crippen LogP contribution in [-0.4, -0.2) is 31.5 Å². The minimum Gasteiger partial charge on any atom is -0.324 e. The lowest BCUT2D eigenvalue weighted by Crippen LogP contribution is -2.47. The largest absolute Gasteiger partial charge is 0.324 e. The number of nitrogens with one attached hydrogen (secondary N) is 1. The van der Waals surface area contributed by atoms with E-state index in [1.165, 1.54) is 18.2 Å². The van der Waals surface area contributed by atoms with Crippen LogP contribution in [0.4, 0.5) is 17.1 Å². The van der Waals surface area contributed by atoms with Crippen molar-refractivity contribution in [2.75, 3.05) is 15.9 Å². The van der Waals surface area contributed by atoms with Gasteiger partial charge in [-0.15, -0.1) is 0 Å². The van der Waals surface area contributed by atoms with Gasteiger partial charge in [0, 0.05) is 22.8 Å². The number of benzene rings is 2. The van der Waals surface area contributed by atoms with Crippen LogP contribution in [0.3, 0.4) is 0 Å². The molecule has 27 heavy (non-hydrogen) atoms. The van der Waals surface area contributed by atoms with Crippen LogP contribution in [0.25, 0.3) is 0 Å². The van der Waals surface area contributed by atoms with Crippen molar-refractivity contribution in [2.24, 2.45) is 0 Å². The fraction of sp³-hybridized carbons (Fsp3) is 0.235. The number of sulfonamides is 1. The molecule has 0 bridgehead atoms. The van der Waals surface area contributed by atoms with Gasteiger partial charge in [-0.1, -0.05) is 24.6 Å². The van der Waals surface area contributed by atoms with Crippen molar-refractivity contribution < 1.29 is 18.1 Å². The molecule has 0 aliphatic rings. The van der Waals surface area contributed by atoms with Crippen molar-refractivity contribution in [3.05, 3.63) is 63.7 Å². The summed E-state index contributed by atoms with van der Waals surface area (Å²) < 4.78 is 25.6. The summed E-state index contributed by atoms with van der Waals surface area (Å²) in [6.45, 7) is 1.65. The summed E-state index contributed by atoms with van der Waals surface area (Å²) in [5.74, 6) is -0.559. The van der Waals surface area contributed by atoms with E-state index in [-0.39, 0.29) is 17.8 Å². The SMILES string of the molecule is CC[C@@H](C(=O)Nc1ccc(Cl)cc1)N(c1cccc([N+](=O)[O-])c1)S(C)(=O)=O. The molecule has 0 saturated carbocycles. The number of hydrogen-bond donors (Lipinski definition) is 1. The predicted molar refractivity (Wildman–Crippen MR) is 105 cm³/mol. The molecule has 1 amide bonds. The van der Waals surface area contributed by atoms with E-state index in [4.69, 9.17) is 11.6 Å². The van der Waals surface area contributed by atoms with Crippen molar-refractivity contribution >= 4 is 44.6 Å². The van der Waals surface area contributed by atoms with Crippen LogP contribution in [-0.2, 0) is 14.8 Å². The number of nitro benzene ring substituents is 1. The first-order valence-electron chi connectivity index (χ1n) is 7.93. The number of nitrogens with zero attached hydrogens (tertiary/aromatic N) is 2. The summed E-state index contributed by atoms with van der Waals surface area (Å²) in [6, 6.07) is 10.4. The molecule has 0 aliphatic carbocycles. The van der Waals surface area contributed by atoms with Crippen molar-refractivity contribution in [1.82, 2.24) is 0 Å². The van der Waals surface area contributed by atoms with Gasteiger partial charge >= 0.3 is 0 Å². The Hall–Kier alpha value is -2.65. The second-order valence-corrected chi connectivity index (χ2v) is 8.05. The second kappa shape index (κ2) is 8.36. The number of amides is 1. The van der Waals surface area contributed by atoms with E-state index >= 15 is 0 Å². The van der Waals surface area contributed by atoms with E-state index in [1.54, 1.807) is 31.2 Å². The van der Waals surface area contributed by atoms with E-state index < -0.39 is 26.9 Å². The molecule has 144 valence electrons. The molecule has 0 spiro atoms. The molecule has 0 fully saturated rings. The van der Waals surface area contributed by atoms with Crippen molar-refractivity contribution in [3.63, 3.8) is 0 Å². The molecule has 1 N–H and O–H groups in total. The standard InChI is InChI=1S/C17H18ClN3O5S/c1-3-16(17(22)19-13-9-7-12(18)8-10-13)20(27(2,25)26)14-5-4-6-15(11-14)21(23)24/h4-11,16H,3H2,1-2H3,(H,19,22)/t16-/m0/s1. The smallest absolute Gasteiger partial charge is 0.271 e. The Morgan fingerprint density at radius 3 is 2.41 bits per heavy atom. The molecule has 0 radical (unpaired) electrons. The number of hydrogen-bond acceptors (Lipinski definition) is 5. The first-order valence-corrected chi connectivity index (χ1v) is 10.2. The van der Waals surface area contributed by atoms with Crippen molar-refractivity contribution in [2.45, 2.75) is 19.4 Å². The molecule has 0 heterocycles. The Kier molecular flexibility index (Phi) is 6.40. The second-order valence-electron chi connectivity index (χ2n) is 5.76. The van der Waals surface area contributed by atoms with Gasteiger partial charge in [-0.05, 0) is 36.8 Å². The topological polar surface area (TPSA) is 110 Å². The third-order valence-corrected chi connectivity index (χ3v) is 5.17. The van der Waals surface area contributed by atoms with Gasteiger partial charge < -0.3 is 5.32 Å². The van der Waals surface area contributed by atoms with E-state index in [2.05, 4.69) is 5.32 Å². The van der Waals surface area contributed by atoms with E-state index in [0.717, 1.165) is 16.6 Å². The van der Waals surface area contributed by atoms with Crippen molar-refractivity contribution in [1.29, 1.82) is 0 Å². The fourth-order valence-electron chi connectivity index (χ4n) is 2.56. The molecule has 0 unspecified atom stereocenters. The number of halogens is 1. The first-order chi connectivity index (χ1) is 12.6. The maximum absolute atomic E-state index is 12.7. The number of non-ortho nitro benzene ring substituents is 1. The van der Waals surface area contributed by atoms with Gasteiger partial charge in [-0.3, -0.25) is 19.2 Å². The van der Waals surface area contributed by atoms with Gasteiger partial charge in [0.1, 0.15) is 6.04 Å². The Balaban J connectivity index is 2.41. The minimum atomic E-state index is -3.89. The van der Waals surface area contributed by atoms with Gasteiger partial charge in [0.25, 0.3) is 5.69 Å². The molecule has 2 aromatic carbocycles. The molecule has 10 heteroatoms. The quantitative estimate of drug-likeness (QED) is 0.554. The third-order valence-electron chi connectivity index (χ3n) is 3.74. The van der Waals surface area contributed by atoms with E-state index in [1.807, 2.05) is 0 Å². The zero-order valence-corrected chi connectivity index (χ0v) is 16.2. The molecule has 8 nitrogen and oxygen atoms in total. The van der Waals surface area contributed by atoms with Crippen LogP contribution in [0, 0.1) is 10.1 Å². The van der Waals surface area contributed by atoms with Gasteiger partial charge in [0.05, 0.1) is 16.9 Å². The van der Waals surface area contributed by atoms with Gasteiger partial charge in [0.2, 0.25) is 15.9 Å². The highest BCUT2D eigenvalue weighted by molar-refractivity contribution is 7.92. The molecular formula is C17H18ClN3O5S. The fourth-order valence-corrected chi connectivity index (χ4v) is 3.89. The highest BCUT2D eigenvalue weighted by Gasteiger charge is 2.32. The Bertz CT molecular complexity index is 947. The number of nitro groups is 1. The predicted octanol–water partition coefficient (Wildman–Crippen LogP) is 3.43. The molecule has 1 atom stereocenters. The van der Waals surface area contributed by atoms with Crippen LogP contribution in [0.15, 0.2) is 48.5 Å². The maximum Gasteiger partial charge on any atom is 0.271 e. The number of carbonyl (C=O) groups is 1. The minimum absolute atomic E-state index is 0.0461. The Labute approximate surface area is 162 Å². The van der Waals surface area contributed by atoms with Crippen molar-refractivity contribution in [3.8, 4) is 0 Å². The summed E-state index contributed by atoms with van der Waals surface area (Å²) in [6.07, 6.45) is 1.11. The maximum atomic E-state index is 12.7. The highest BCUT2D eigenvalue weighted by atomic mass is 35.5. The molecule has 2 aromatic rings. The van der Waals surface area contributed by atoms with Crippen LogP contribution >= 0.6 is 11.6 Å². The van der Waals surface area contributed by atoms with Gasteiger partial charge in [-0.2, -0.15) is 0 Å². The summed E-state index contributed by atoms with van der Waals surface area (Å²) in [7, 11) is -3.89. The molecule has 0 aliphatic heterocycles. The lowest BCUT2D eigenvalue weighted by Gasteiger charge is -2.30. The average molecular weight is 412 g/mol. The highest BCUT2D eigenvalue weighted by Crippen LogP contribution is 2.27. The van der Waals surface area contributed by atoms with Crippen LogP contribution < -0.4 is 9.62 Å². The number of anilines is 2. The Morgan fingerprint density at radius 2 is 1.89 bits per heavy atom. The zero-order chi connectivity index (χ0) is 20.2.